The summed E-state index contributed by atoms with van der Waals surface area (Å²) in [5, 5.41) is 17.9. The number of nitrogens with one attached hydrogen (secondary N) is 1. The molecule has 7 heteroatoms. The zero-order valence-corrected chi connectivity index (χ0v) is 21.4. The maximum absolute atomic E-state index is 14.2. The van der Waals surface area contributed by atoms with Gasteiger partial charge in [0, 0.05) is 35.9 Å². The Morgan fingerprint density at radius 3 is 2.05 bits per heavy atom. The third-order valence-electron chi connectivity index (χ3n) is 7.83. The first-order chi connectivity index (χ1) is 17.9. The van der Waals surface area contributed by atoms with Gasteiger partial charge in [-0.15, -0.1) is 0 Å². The molecule has 3 saturated heterocycles. The molecule has 0 spiro atoms. The summed E-state index contributed by atoms with van der Waals surface area (Å²) in [7, 11) is 0. The highest BCUT2D eigenvalue weighted by molar-refractivity contribution is 6.30. The lowest BCUT2D eigenvalue weighted by Gasteiger charge is -2.52. The van der Waals surface area contributed by atoms with Crippen molar-refractivity contribution in [3.8, 4) is 0 Å². The summed E-state index contributed by atoms with van der Waals surface area (Å²) in [5.74, 6) is -0.613. The number of carbonyl (C=O) groups is 2. The van der Waals surface area contributed by atoms with Crippen LogP contribution in [-0.2, 0) is 26.5 Å². The van der Waals surface area contributed by atoms with Gasteiger partial charge in [-0.05, 0) is 28.8 Å². The van der Waals surface area contributed by atoms with E-state index >= 15 is 0 Å². The summed E-state index contributed by atoms with van der Waals surface area (Å²) in [6.07, 6.45) is 1.34. The second-order valence-electron chi connectivity index (χ2n) is 10.2. The van der Waals surface area contributed by atoms with Gasteiger partial charge in [0.15, 0.2) is 12.6 Å². The van der Waals surface area contributed by atoms with E-state index in [1.807, 2.05) is 24.3 Å². The van der Waals surface area contributed by atoms with Crippen LogP contribution in [0.5, 0.6) is 0 Å². The number of halogens is 1. The quantitative estimate of drug-likeness (QED) is 0.366. The smallest absolute Gasteiger partial charge is 0.304 e. The number of fused-ring (bicyclic) bond motifs is 3. The monoisotopic (exact) mass is 518 g/mol. The Bertz CT molecular complexity index is 1190. The van der Waals surface area contributed by atoms with Crippen LogP contribution in [0, 0.1) is 5.92 Å². The van der Waals surface area contributed by atoms with E-state index < -0.39 is 11.6 Å². The number of hydrogen-bond donors (Lipinski definition) is 1. The van der Waals surface area contributed by atoms with Gasteiger partial charge in [-0.1, -0.05) is 84.4 Å². The summed E-state index contributed by atoms with van der Waals surface area (Å²) in [4.78, 5) is 26.5. The number of amides is 1. The van der Waals surface area contributed by atoms with Crippen molar-refractivity contribution in [2.24, 2.45) is 5.92 Å². The Kier molecular flexibility index (Phi) is 7.33. The summed E-state index contributed by atoms with van der Waals surface area (Å²) < 4.78 is 6.61. The van der Waals surface area contributed by atoms with Gasteiger partial charge < -0.3 is 19.6 Å². The SMILES string of the molecule is O=C(C[N+]12CCC(CC1)C(OC(=O)C([O-])(c1ccccc1)c1ccccc1)C2)NCc1ccc(Cl)cc1. The molecule has 3 heterocycles. The molecule has 1 atom stereocenters. The van der Waals surface area contributed by atoms with E-state index in [4.69, 9.17) is 16.3 Å². The van der Waals surface area contributed by atoms with Crippen molar-refractivity contribution in [2.45, 2.75) is 31.1 Å². The molecule has 37 heavy (non-hydrogen) atoms. The summed E-state index contributed by atoms with van der Waals surface area (Å²) in [5.41, 5.74) is -0.457. The number of quaternary nitrogens is 1. The van der Waals surface area contributed by atoms with Crippen LogP contribution >= 0.6 is 11.6 Å². The molecule has 0 aliphatic carbocycles. The second kappa shape index (κ2) is 10.7. The first kappa shape index (κ1) is 25.5. The molecule has 6 rings (SSSR count). The molecule has 0 radical (unpaired) electrons. The lowest BCUT2D eigenvalue weighted by atomic mass is 9.82. The van der Waals surface area contributed by atoms with Crippen molar-refractivity contribution in [2.75, 3.05) is 26.2 Å². The maximum Gasteiger partial charge on any atom is 0.304 e. The fourth-order valence-corrected chi connectivity index (χ4v) is 5.83. The molecule has 1 unspecified atom stereocenters. The topological polar surface area (TPSA) is 78.5 Å². The molecule has 2 bridgehead atoms. The van der Waals surface area contributed by atoms with Crippen molar-refractivity contribution >= 4 is 23.5 Å². The fraction of sp³-hybridized carbons (Fsp3) is 0.333. The normalized spacial score (nSPS) is 22.9. The average molecular weight is 519 g/mol. The predicted octanol–water partition coefficient (Wildman–Crippen LogP) is 3.41. The van der Waals surface area contributed by atoms with Crippen molar-refractivity contribution in [1.82, 2.24) is 5.32 Å². The Hall–Kier alpha value is -3.19. The molecule has 3 aliphatic rings. The number of benzene rings is 3. The molecule has 1 N–H and O–H groups in total. The van der Waals surface area contributed by atoms with E-state index in [0.29, 0.717) is 40.3 Å². The van der Waals surface area contributed by atoms with E-state index in [-0.39, 0.29) is 17.9 Å². The number of esters is 1. The highest BCUT2D eigenvalue weighted by Gasteiger charge is 2.49. The van der Waals surface area contributed by atoms with Gasteiger partial charge in [-0.25, -0.2) is 0 Å². The van der Waals surface area contributed by atoms with Crippen molar-refractivity contribution in [3.63, 3.8) is 0 Å². The van der Waals surface area contributed by atoms with Crippen LogP contribution in [0.1, 0.15) is 29.5 Å². The molecular formula is C30H31ClN2O4. The van der Waals surface area contributed by atoms with E-state index in [1.54, 1.807) is 60.7 Å². The van der Waals surface area contributed by atoms with Crippen LogP contribution in [-0.4, -0.2) is 48.6 Å². The van der Waals surface area contributed by atoms with E-state index in [0.717, 1.165) is 31.5 Å². The van der Waals surface area contributed by atoms with Gasteiger partial charge in [-0.3, -0.25) is 9.59 Å². The average Bonchev–Trinajstić information content (AvgIpc) is 2.93. The third-order valence-corrected chi connectivity index (χ3v) is 8.08. The summed E-state index contributed by atoms with van der Waals surface area (Å²) in [6.45, 7) is 3.04. The van der Waals surface area contributed by atoms with Gasteiger partial charge in [0.05, 0.1) is 13.1 Å². The molecule has 3 aromatic rings. The molecule has 6 nitrogen and oxygen atoms in total. The maximum atomic E-state index is 14.2. The van der Waals surface area contributed by atoms with Gasteiger partial charge >= 0.3 is 5.97 Å². The van der Waals surface area contributed by atoms with Crippen LogP contribution in [0.15, 0.2) is 84.9 Å². The van der Waals surface area contributed by atoms with Crippen molar-refractivity contribution in [3.05, 3.63) is 107 Å². The van der Waals surface area contributed by atoms with Crippen LogP contribution in [0.25, 0.3) is 0 Å². The molecule has 192 valence electrons. The Morgan fingerprint density at radius 1 is 0.919 bits per heavy atom. The van der Waals surface area contributed by atoms with Crippen LogP contribution in [0.4, 0.5) is 0 Å². The lowest BCUT2D eigenvalue weighted by molar-refractivity contribution is -0.939. The standard InChI is InChI=1S/C30H31ClN2O4/c31-26-13-11-22(12-14-26)19-32-28(34)21-33-17-15-23(16-18-33)27(20-33)37-29(35)30(36,24-7-3-1-4-8-24)25-9-5-2-6-10-25/h1-14,23,27H,15-21H2,(H,32,34). The fourth-order valence-electron chi connectivity index (χ4n) is 5.71. The largest absolute Gasteiger partial charge is 0.834 e. The van der Waals surface area contributed by atoms with E-state index in [2.05, 4.69) is 5.32 Å². The molecule has 0 aromatic heterocycles. The second-order valence-corrected chi connectivity index (χ2v) is 10.7. The third kappa shape index (κ3) is 5.42. The Morgan fingerprint density at radius 2 is 1.49 bits per heavy atom. The summed E-state index contributed by atoms with van der Waals surface area (Å²) >= 11 is 5.95. The van der Waals surface area contributed by atoms with Crippen LogP contribution in [0.3, 0.4) is 0 Å². The highest BCUT2D eigenvalue weighted by atomic mass is 35.5. The van der Waals surface area contributed by atoms with Gasteiger partial charge in [0.1, 0.15) is 6.54 Å². The molecule has 3 aliphatic heterocycles. The van der Waals surface area contributed by atoms with E-state index in [1.165, 1.54) is 0 Å². The molecular weight excluding hydrogens is 488 g/mol. The molecule has 0 saturated carbocycles. The molecule has 3 aromatic carbocycles. The zero-order valence-electron chi connectivity index (χ0n) is 20.6. The lowest BCUT2D eigenvalue weighted by Crippen LogP contribution is -2.67. The minimum atomic E-state index is -2.16. The first-order valence-electron chi connectivity index (χ1n) is 12.8. The van der Waals surface area contributed by atoms with Crippen LogP contribution < -0.4 is 10.4 Å². The number of carbonyl (C=O) groups excluding carboxylic acids is 2. The zero-order chi connectivity index (χ0) is 25.9. The number of piperidine rings is 3. The minimum absolute atomic E-state index is 0.0351. The summed E-state index contributed by atoms with van der Waals surface area (Å²) in [6, 6.07) is 24.8. The number of ether oxygens (including phenoxy) is 1. The minimum Gasteiger partial charge on any atom is -0.834 e. The predicted molar refractivity (Wildman–Crippen MR) is 139 cm³/mol. The van der Waals surface area contributed by atoms with Gasteiger partial charge in [-0.2, -0.15) is 0 Å². The molecule has 1 amide bonds. The first-order valence-corrected chi connectivity index (χ1v) is 13.1. The Labute approximate surface area is 222 Å². The number of nitrogens with zero attached hydrogens (tertiary/aromatic N) is 1. The highest BCUT2D eigenvalue weighted by Crippen LogP contribution is 2.37. The van der Waals surface area contributed by atoms with Crippen LogP contribution in [0.2, 0.25) is 5.02 Å². The van der Waals surface area contributed by atoms with E-state index in [9.17, 15) is 14.7 Å². The van der Waals surface area contributed by atoms with Gasteiger partial charge in [0.2, 0.25) is 0 Å². The number of hydrogen-bond acceptors (Lipinski definition) is 4. The molecule has 3 fully saturated rings. The van der Waals surface area contributed by atoms with Crippen molar-refractivity contribution in [1.29, 1.82) is 0 Å². The Balaban J connectivity index is 1.28. The number of rotatable bonds is 8. The van der Waals surface area contributed by atoms with Crippen molar-refractivity contribution < 1.29 is 23.9 Å². The van der Waals surface area contributed by atoms with Gasteiger partial charge in [0.25, 0.3) is 5.91 Å².